The third-order valence-electron chi connectivity index (χ3n) is 5.40. The van der Waals surface area contributed by atoms with Crippen LogP contribution in [0.4, 0.5) is 16.2 Å². The molecule has 4 rings (SSSR count). The molecule has 3 heterocycles. The van der Waals surface area contributed by atoms with Gasteiger partial charge in [-0.3, -0.25) is 15.0 Å². The summed E-state index contributed by atoms with van der Waals surface area (Å²) >= 11 is 0. The van der Waals surface area contributed by atoms with Crippen molar-refractivity contribution in [1.82, 2.24) is 10.6 Å². The Morgan fingerprint density at radius 1 is 0.913 bits per heavy atom. The number of rotatable bonds is 2. The lowest BCUT2D eigenvalue weighted by Gasteiger charge is -2.49. The fourth-order valence-corrected chi connectivity index (χ4v) is 3.73. The summed E-state index contributed by atoms with van der Waals surface area (Å²) in [5, 5.41) is 5.75. The second kappa shape index (κ2) is 5.53. The lowest BCUT2D eigenvalue weighted by Crippen LogP contribution is -2.58. The van der Waals surface area contributed by atoms with Crippen LogP contribution in [-0.2, 0) is 4.79 Å². The average Bonchev–Trinajstić information content (AvgIpc) is 2.54. The highest BCUT2D eigenvalue weighted by atomic mass is 16.2. The third-order valence-corrected chi connectivity index (χ3v) is 5.40. The summed E-state index contributed by atoms with van der Waals surface area (Å²) in [6.07, 6.45) is 2.85. The number of amides is 3. The number of carbonyl (C=O) groups excluding carboxylic acids is 2. The van der Waals surface area contributed by atoms with E-state index < -0.39 is 0 Å². The summed E-state index contributed by atoms with van der Waals surface area (Å²) < 4.78 is 0. The SMILES string of the molecule is O=C1CCN(c2ccc(N3CCC4(CC3)CNC4)cc2)C(=O)N1. The van der Waals surface area contributed by atoms with Gasteiger partial charge in [0.15, 0.2) is 0 Å². The van der Waals surface area contributed by atoms with Crippen molar-refractivity contribution in [2.45, 2.75) is 19.3 Å². The highest BCUT2D eigenvalue weighted by molar-refractivity contribution is 6.05. The maximum atomic E-state index is 11.9. The lowest BCUT2D eigenvalue weighted by molar-refractivity contribution is -0.120. The topological polar surface area (TPSA) is 64.7 Å². The van der Waals surface area contributed by atoms with E-state index in [1.54, 1.807) is 4.90 Å². The molecule has 1 aromatic carbocycles. The van der Waals surface area contributed by atoms with E-state index in [0.29, 0.717) is 18.4 Å². The quantitative estimate of drug-likeness (QED) is 0.864. The minimum Gasteiger partial charge on any atom is -0.371 e. The Bertz CT molecular complexity index is 614. The van der Waals surface area contributed by atoms with Gasteiger partial charge < -0.3 is 10.2 Å². The van der Waals surface area contributed by atoms with Crippen LogP contribution in [0.3, 0.4) is 0 Å². The van der Waals surface area contributed by atoms with Crippen molar-refractivity contribution in [2.24, 2.45) is 5.41 Å². The average molecular weight is 314 g/mol. The zero-order valence-electron chi connectivity index (χ0n) is 13.2. The van der Waals surface area contributed by atoms with Gasteiger partial charge in [-0.2, -0.15) is 0 Å². The third kappa shape index (κ3) is 2.67. The molecule has 122 valence electrons. The van der Waals surface area contributed by atoms with Crippen LogP contribution in [0.15, 0.2) is 24.3 Å². The number of hydrogen-bond donors (Lipinski definition) is 2. The molecule has 0 atom stereocenters. The first-order valence-corrected chi connectivity index (χ1v) is 8.32. The number of benzene rings is 1. The van der Waals surface area contributed by atoms with E-state index in [1.165, 1.54) is 31.6 Å². The molecule has 0 unspecified atom stereocenters. The summed E-state index contributed by atoms with van der Waals surface area (Å²) in [5.41, 5.74) is 2.61. The van der Waals surface area contributed by atoms with Gasteiger partial charge in [0, 0.05) is 50.5 Å². The molecule has 6 heteroatoms. The molecule has 3 saturated heterocycles. The largest absolute Gasteiger partial charge is 0.371 e. The number of hydrogen-bond acceptors (Lipinski definition) is 4. The number of nitrogens with zero attached hydrogens (tertiary/aromatic N) is 2. The Kier molecular flexibility index (Phi) is 3.49. The predicted octanol–water partition coefficient (Wildman–Crippen LogP) is 1.32. The van der Waals surface area contributed by atoms with Crippen LogP contribution in [0.1, 0.15) is 19.3 Å². The maximum Gasteiger partial charge on any atom is 0.328 e. The van der Waals surface area contributed by atoms with Gasteiger partial charge in [0.25, 0.3) is 0 Å². The number of carbonyl (C=O) groups is 2. The zero-order valence-corrected chi connectivity index (χ0v) is 13.2. The van der Waals surface area contributed by atoms with Crippen LogP contribution < -0.4 is 20.4 Å². The number of nitrogens with one attached hydrogen (secondary N) is 2. The molecule has 1 aromatic rings. The Labute approximate surface area is 135 Å². The van der Waals surface area contributed by atoms with Gasteiger partial charge in [0.05, 0.1) is 0 Å². The van der Waals surface area contributed by atoms with E-state index in [1.807, 2.05) is 12.1 Å². The number of piperidine rings is 1. The first-order valence-electron chi connectivity index (χ1n) is 8.32. The van der Waals surface area contributed by atoms with E-state index in [2.05, 4.69) is 27.7 Å². The molecule has 3 aliphatic heterocycles. The van der Waals surface area contributed by atoms with Crippen LogP contribution in [0.2, 0.25) is 0 Å². The fourth-order valence-electron chi connectivity index (χ4n) is 3.73. The van der Waals surface area contributed by atoms with Gasteiger partial charge in [-0.25, -0.2) is 4.79 Å². The molecule has 0 radical (unpaired) electrons. The highest BCUT2D eigenvalue weighted by Crippen LogP contribution is 2.36. The smallest absolute Gasteiger partial charge is 0.328 e. The molecular formula is C17H22N4O2. The summed E-state index contributed by atoms with van der Waals surface area (Å²) in [6.45, 7) is 4.98. The van der Waals surface area contributed by atoms with Crippen molar-refractivity contribution in [1.29, 1.82) is 0 Å². The molecule has 3 fully saturated rings. The Morgan fingerprint density at radius 3 is 2.13 bits per heavy atom. The molecule has 23 heavy (non-hydrogen) atoms. The van der Waals surface area contributed by atoms with Crippen LogP contribution >= 0.6 is 0 Å². The van der Waals surface area contributed by atoms with Crippen LogP contribution in [-0.4, -0.2) is 44.7 Å². The van der Waals surface area contributed by atoms with E-state index in [9.17, 15) is 9.59 Å². The first kappa shape index (κ1) is 14.5. The molecule has 3 aliphatic rings. The molecule has 0 aromatic heterocycles. The van der Waals surface area contributed by atoms with E-state index in [-0.39, 0.29) is 11.9 Å². The second-order valence-electron chi connectivity index (χ2n) is 6.86. The van der Waals surface area contributed by atoms with Crippen molar-refractivity contribution in [2.75, 3.05) is 42.5 Å². The lowest BCUT2D eigenvalue weighted by atomic mass is 9.73. The van der Waals surface area contributed by atoms with Gasteiger partial charge in [-0.15, -0.1) is 0 Å². The van der Waals surface area contributed by atoms with E-state index >= 15 is 0 Å². The molecule has 6 nitrogen and oxygen atoms in total. The Morgan fingerprint density at radius 2 is 1.57 bits per heavy atom. The van der Waals surface area contributed by atoms with Gasteiger partial charge >= 0.3 is 6.03 Å². The van der Waals surface area contributed by atoms with Crippen molar-refractivity contribution in [3.8, 4) is 0 Å². The van der Waals surface area contributed by atoms with Gasteiger partial charge in [0.1, 0.15) is 0 Å². The Hall–Kier alpha value is -2.08. The molecule has 2 N–H and O–H groups in total. The number of imide groups is 1. The normalized spacial score (nSPS) is 23.7. The second-order valence-corrected chi connectivity index (χ2v) is 6.86. The van der Waals surface area contributed by atoms with E-state index in [4.69, 9.17) is 0 Å². The van der Waals surface area contributed by atoms with Crippen molar-refractivity contribution in [3.63, 3.8) is 0 Å². The molecule has 0 saturated carbocycles. The van der Waals surface area contributed by atoms with Crippen molar-refractivity contribution >= 4 is 23.3 Å². The monoisotopic (exact) mass is 314 g/mol. The van der Waals surface area contributed by atoms with Gasteiger partial charge in [0.2, 0.25) is 5.91 Å². The molecule has 0 aliphatic carbocycles. The number of anilines is 2. The summed E-state index contributed by atoms with van der Waals surface area (Å²) in [6, 6.07) is 7.78. The molecule has 1 spiro atoms. The minimum atomic E-state index is -0.327. The van der Waals surface area contributed by atoms with Crippen molar-refractivity contribution < 1.29 is 9.59 Å². The van der Waals surface area contributed by atoms with Gasteiger partial charge in [-0.05, 0) is 42.5 Å². The molecule has 3 amide bonds. The predicted molar refractivity (Wildman–Crippen MR) is 88.7 cm³/mol. The van der Waals surface area contributed by atoms with Crippen LogP contribution in [0.25, 0.3) is 0 Å². The van der Waals surface area contributed by atoms with Crippen LogP contribution in [0.5, 0.6) is 0 Å². The fraction of sp³-hybridized carbons (Fsp3) is 0.529. The first-order chi connectivity index (χ1) is 11.2. The van der Waals surface area contributed by atoms with Crippen molar-refractivity contribution in [3.05, 3.63) is 24.3 Å². The standard InChI is InChI=1S/C17H22N4O2/c22-15-5-8-21(16(23)19-15)14-3-1-13(2-4-14)20-9-6-17(7-10-20)11-18-12-17/h1-4,18H,5-12H2,(H,19,22,23). The Balaban J connectivity index is 1.42. The highest BCUT2D eigenvalue weighted by Gasteiger charge is 2.39. The summed E-state index contributed by atoms with van der Waals surface area (Å²) in [5.74, 6) is -0.199. The molecule has 0 bridgehead atoms. The molecular weight excluding hydrogens is 292 g/mol. The van der Waals surface area contributed by atoms with Crippen LogP contribution in [0, 0.1) is 5.41 Å². The van der Waals surface area contributed by atoms with E-state index in [0.717, 1.165) is 18.8 Å². The maximum absolute atomic E-state index is 11.9. The minimum absolute atomic E-state index is 0.199. The van der Waals surface area contributed by atoms with Gasteiger partial charge in [-0.1, -0.05) is 0 Å². The summed E-state index contributed by atoms with van der Waals surface area (Å²) in [4.78, 5) is 27.1. The number of urea groups is 1. The zero-order chi connectivity index (χ0) is 15.9. The summed E-state index contributed by atoms with van der Waals surface area (Å²) in [7, 11) is 0.